The zero-order valence-corrected chi connectivity index (χ0v) is 17.3. The van der Waals surface area contributed by atoms with Crippen LogP contribution in [0.2, 0.25) is 0 Å². The van der Waals surface area contributed by atoms with Crippen LogP contribution >= 0.6 is 0 Å². The van der Waals surface area contributed by atoms with Crippen molar-refractivity contribution >= 4 is 6.09 Å². The molecule has 1 atom stereocenters. The van der Waals surface area contributed by atoms with Crippen molar-refractivity contribution in [3.63, 3.8) is 0 Å². The molecule has 4 rings (SSSR count). The lowest BCUT2D eigenvalue weighted by molar-refractivity contribution is -0.149. The maximum absolute atomic E-state index is 12.2. The van der Waals surface area contributed by atoms with Gasteiger partial charge < -0.3 is 19.1 Å². The molecule has 1 fully saturated rings. The molecule has 1 unspecified atom stereocenters. The Morgan fingerprint density at radius 1 is 1.17 bits per heavy atom. The van der Waals surface area contributed by atoms with Gasteiger partial charge in [-0.2, -0.15) is 0 Å². The van der Waals surface area contributed by atoms with Gasteiger partial charge in [-0.1, -0.05) is 12.1 Å². The number of nitrogens with zero attached hydrogens (tertiary/aromatic N) is 2. The van der Waals surface area contributed by atoms with Gasteiger partial charge in [0, 0.05) is 42.5 Å². The summed E-state index contributed by atoms with van der Waals surface area (Å²) < 4.78 is 17.7. The quantitative estimate of drug-likeness (QED) is 0.741. The van der Waals surface area contributed by atoms with Crippen molar-refractivity contribution in [2.75, 3.05) is 13.1 Å². The standard InChI is InChI=1S/C23H28N2O4/c1-23(2,3)29-22(26)25-11-8-16(9-12-25)21-27-15-19-13-17(6-7-20(19)28-21)18-5-4-10-24-14-18/h4-7,10,13-14,16,21H,8-9,11-12,15H2,1-3H3. The molecule has 0 spiro atoms. The lowest BCUT2D eigenvalue weighted by Crippen LogP contribution is -2.45. The van der Waals surface area contributed by atoms with Gasteiger partial charge in [0.15, 0.2) is 0 Å². The van der Waals surface area contributed by atoms with Gasteiger partial charge in [0.1, 0.15) is 11.4 Å². The second-order valence-electron chi connectivity index (χ2n) is 8.67. The molecule has 0 bridgehead atoms. The first-order valence-electron chi connectivity index (χ1n) is 10.2. The number of hydrogen-bond acceptors (Lipinski definition) is 5. The van der Waals surface area contributed by atoms with Gasteiger partial charge in [-0.3, -0.25) is 4.98 Å². The van der Waals surface area contributed by atoms with Crippen LogP contribution in [0.3, 0.4) is 0 Å². The molecule has 2 aromatic rings. The highest BCUT2D eigenvalue weighted by Crippen LogP contribution is 2.35. The maximum Gasteiger partial charge on any atom is 0.410 e. The summed E-state index contributed by atoms with van der Waals surface area (Å²) in [5.74, 6) is 1.14. The molecule has 154 valence electrons. The number of ether oxygens (including phenoxy) is 3. The van der Waals surface area contributed by atoms with Crippen molar-refractivity contribution in [3.8, 4) is 16.9 Å². The van der Waals surface area contributed by atoms with Crippen molar-refractivity contribution < 1.29 is 19.0 Å². The first-order valence-corrected chi connectivity index (χ1v) is 10.2. The van der Waals surface area contributed by atoms with E-state index in [1.165, 1.54) is 0 Å². The first kappa shape index (κ1) is 19.7. The van der Waals surface area contributed by atoms with Gasteiger partial charge in [-0.25, -0.2) is 4.79 Å². The summed E-state index contributed by atoms with van der Waals surface area (Å²) in [7, 11) is 0. The summed E-state index contributed by atoms with van der Waals surface area (Å²) in [5, 5.41) is 0. The van der Waals surface area contributed by atoms with E-state index in [-0.39, 0.29) is 18.3 Å². The molecule has 0 N–H and O–H groups in total. The Hall–Kier alpha value is -2.60. The highest BCUT2D eigenvalue weighted by atomic mass is 16.7. The van der Waals surface area contributed by atoms with E-state index in [4.69, 9.17) is 14.2 Å². The minimum atomic E-state index is -0.470. The smallest absolute Gasteiger partial charge is 0.410 e. The zero-order valence-electron chi connectivity index (χ0n) is 17.3. The number of rotatable bonds is 2. The van der Waals surface area contributed by atoms with Crippen molar-refractivity contribution in [2.24, 2.45) is 5.92 Å². The summed E-state index contributed by atoms with van der Waals surface area (Å²) in [6.07, 6.45) is 4.79. The van der Waals surface area contributed by atoms with Gasteiger partial charge >= 0.3 is 6.09 Å². The zero-order chi connectivity index (χ0) is 20.4. The number of amides is 1. The van der Waals surface area contributed by atoms with Crippen LogP contribution in [0.1, 0.15) is 39.2 Å². The third kappa shape index (κ3) is 4.70. The highest BCUT2D eigenvalue weighted by Gasteiger charge is 2.34. The predicted octanol–water partition coefficient (Wildman–Crippen LogP) is 4.63. The summed E-state index contributed by atoms with van der Waals surface area (Å²) >= 11 is 0. The maximum atomic E-state index is 12.2. The van der Waals surface area contributed by atoms with Crippen molar-refractivity contribution in [3.05, 3.63) is 48.3 Å². The summed E-state index contributed by atoms with van der Waals surface area (Å²) in [6.45, 7) is 7.52. The first-order chi connectivity index (χ1) is 13.9. The fourth-order valence-corrected chi connectivity index (χ4v) is 3.76. The molecular weight excluding hydrogens is 368 g/mol. The molecule has 6 nitrogen and oxygen atoms in total. The molecule has 3 heterocycles. The molecule has 1 aromatic heterocycles. The van der Waals surface area contributed by atoms with Gasteiger partial charge in [0.25, 0.3) is 0 Å². The van der Waals surface area contributed by atoms with Crippen molar-refractivity contribution in [1.82, 2.24) is 9.88 Å². The fraction of sp³-hybridized carbons (Fsp3) is 0.478. The number of carbonyl (C=O) groups is 1. The number of piperidine rings is 1. The molecule has 1 amide bonds. The van der Waals surface area contributed by atoms with E-state index in [2.05, 4.69) is 17.1 Å². The number of aromatic nitrogens is 1. The van der Waals surface area contributed by atoms with E-state index in [0.29, 0.717) is 19.7 Å². The van der Waals surface area contributed by atoms with E-state index in [1.54, 1.807) is 11.1 Å². The molecule has 1 saturated heterocycles. The number of fused-ring (bicyclic) bond motifs is 1. The Labute approximate surface area is 171 Å². The minimum Gasteiger partial charge on any atom is -0.464 e. The Kier molecular flexibility index (Phi) is 5.46. The van der Waals surface area contributed by atoms with Crippen LogP contribution in [0.5, 0.6) is 5.75 Å². The summed E-state index contributed by atoms with van der Waals surface area (Å²) in [4.78, 5) is 18.2. The van der Waals surface area contributed by atoms with Crippen LogP contribution in [-0.4, -0.2) is 41.0 Å². The van der Waals surface area contributed by atoms with Crippen LogP contribution in [0.4, 0.5) is 4.79 Å². The van der Waals surface area contributed by atoms with E-state index < -0.39 is 5.60 Å². The van der Waals surface area contributed by atoms with E-state index in [0.717, 1.165) is 35.3 Å². The average molecular weight is 396 g/mol. The topological polar surface area (TPSA) is 60.9 Å². The van der Waals surface area contributed by atoms with Crippen LogP contribution < -0.4 is 4.74 Å². The number of hydrogen-bond donors (Lipinski definition) is 0. The summed E-state index contributed by atoms with van der Waals surface area (Å²) in [6, 6.07) is 10.2. The minimum absolute atomic E-state index is 0.241. The Balaban J connectivity index is 1.36. The van der Waals surface area contributed by atoms with Crippen LogP contribution in [0.25, 0.3) is 11.1 Å². The molecule has 2 aliphatic heterocycles. The number of carbonyl (C=O) groups excluding carboxylic acids is 1. The molecule has 1 aromatic carbocycles. The van der Waals surface area contributed by atoms with Crippen molar-refractivity contribution in [2.45, 2.75) is 52.1 Å². The molecular formula is C23H28N2O4. The normalized spacial score (nSPS) is 20.0. The second kappa shape index (κ2) is 8.03. The van der Waals surface area contributed by atoms with Crippen molar-refractivity contribution in [1.29, 1.82) is 0 Å². The largest absolute Gasteiger partial charge is 0.464 e. The lowest BCUT2D eigenvalue weighted by Gasteiger charge is -2.38. The third-order valence-electron chi connectivity index (χ3n) is 5.28. The SMILES string of the molecule is CC(C)(C)OC(=O)N1CCC(C2OCc3cc(-c4cccnc4)ccc3O2)CC1. The molecule has 6 heteroatoms. The Bertz CT molecular complexity index is 855. The van der Waals surface area contributed by atoms with Gasteiger partial charge in [0.2, 0.25) is 6.29 Å². The van der Waals surface area contributed by atoms with Crippen LogP contribution in [0.15, 0.2) is 42.7 Å². The molecule has 0 aliphatic carbocycles. The Morgan fingerprint density at radius 2 is 1.97 bits per heavy atom. The second-order valence-corrected chi connectivity index (χ2v) is 8.67. The fourth-order valence-electron chi connectivity index (χ4n) is 3.76. The lowest BCUT2D eigenvalue weighted by atomic mass is 9.95. The van der Waals surface area contributed by atoms with E-state index in [1.807, 2.05) is 45.2 Å². The van der Waals surface area contributed by atoms with Crippen LogP contribution in [0, 0.1) is 5.92 Å². The monoisotopic (exact) mass is 396 g/mol. The average Bonchev–Trinajstić information content (AvgIpc) is 2.72. The van der Waals surface area contributed by atoms with Gasteiger partial charge in [-0.15, -0.1) is 0 Å². The predicted molar refractivity (Wildman–Crippen MR) is 109 cm³/mol. The molecule has 29 heavy (non-hydrogen) atoms. The van der Waals surface area contributed by atoms with Gasteiger partial charge in [0.05, 0.1) is 6.61 Å². The number of pyridine rings is 1. The van der Waals surface area contributed by atoms with E-state index >= 15 is 0 Å². The number of likely N-dealkylation sites (tertiary alicyclic amines) is 1. The third-order valence-corrected chi connectivity index (χ3v) is 5.28. The highest BCUT2D eigenvalue weighted by molar-refractivity contribution is 5.68. The van der Waals surface area contributed by atoms with Crippen LogP contribution in [-0.2, 0) is 16.1 Å². The number of benzene rings is 1. The Morgan fingerprint density at radius 3 is 2.66 bits per heavy atom. The van der Waals surface area contributed by atoms with E-state index in [9.17, 15) is 4.79 Å². The summed E-state index contributed by atoms with van der Waals surface area (Å²) in [5.41, 5.74) is 2.76. The molecule has 2 aliphatic rings. The van der Waals surface area contributed by atoms with Gasteiger partial charge in [-0.05, 0) is 57.4 Å². The molecule has 0 saturated carbocycles. The molecule has 0 radical (unpaired) electrons.